The topological polar surface area (TPSA) is 67.6 Å². The minimum atomic E-state index is 0.448. The fourth-order valence-electron chi connectivity index (χ4n) is 0.851. The highest BCUT2D eigenvalue weighted by Gasteiger charge is 2.08. The monoisotopic (exact) mass is 150 g/mol. The van der Waals surface area contributed by atoms with E-state index in [4.69, 9.17) is 4.42 Å². The zero-order valence-electron chi connectivity index (χ0n) is 5.90. The third kappa shape index (κ3) is 0.899. The Kier molecular flexibility index (Phi) is 1.21. The molecule has 2 heterocycles. The normalized spacial score (nSPS) is 10.3. The number of nitrogens with zero attached hydrogens (tertiary/aromatic N) is 3. The molecule has 0 aliphatic rings. The Morgan fingerprint density at radius 3 is 3.00 bits per heavy atom. The molecule has 56 valence electrons. The molecule has 0 spiro atoms. The van der Waals surface area contributed by atoms with Gasteiger partial charge in [0.25, 0.3) is 5.89 Å². The van der Waals surface area contributed by atoms with Crippen molar-refractivity contribution in [1.29, 1.82) is 0 Å². The number of hydrogen-bond donors (Lipinski definition) is 1. The van der Waals surface area contributed by atoms with Crippen LogP contribution in [0, 0.1) is 6.92 Å². The van der Waals surface area contributed by atoms with Gasteiger partial charge in [0.1, 0.15) is 5.69 Å². The Labute approximate surface area is 62.5 Å². The van der Waals surface area contributed by atoms with Crippen molar-refractivity contribution in [3.63, 3.8) is 0 Å². The molecule has 0 atom stereocenters. The van der Waals surface area contributed by atoms with Gasteiger partial charge in [0, 0.05) is 5.69 Å². The fraction of sp³-hybridized carbons (Fsp3) is 0.167. The molecule has 0 aliphatic carbocycles. The molecule has 0 saturated carbocycles. The number of hydrogen-bond acceptors (Lipinski definition) is 4. The number of aromatic amines is 1. The SMILES string of the molecule is Cc1[nH]cnc1-c1nnco1. The van der Waals surface area contributed by atoms with Crippen LogP contribution in [0.15, 0.2) is 17.1 Å². The number of H-pyrrole nitrogens is 1. The summed E-state index contributed by atoms with van der Waals surface area (Å²) >= 11 is 0. The summed E-state index contributed by atoms with van der Waals surface area (Å²) in [6.07, 6.45) is 2.87. The van der Waals surface area contributed by atoms with Crippen molar-refractivity contribution in [2.24, 2.45) is 0 Å². The van der Waals surface area contributed by atoms with Gasteiger partial charge >= 0.3 is 0 Å². The molecule has 2 rings (SSSR count). The molecule has 0 saturated heterocycles. The van der Waals surface area contributed by atoms with Crippen molar-refractivity contribution in [1.82, 2.24) is 20.2 Å². The number of aromatic nitrogens is 4. The zero-order chi connectivity index (χ0) is 7.68. The smallest absolute Gasteiger partial charge is 0.267 e. The number of aryl methyl sites for hydroxylation is 1. The Bertz CT molecular complexity index is 337. The number of rotatable bonds is 1. The van der Waals surface area contributed by atoms with Crippen LogP contribution in [0.5, 0.6) is 0 Å². The van der Waals surface area contributed by atoms with E-state index in [1.807, 2.05) is 6.92 Å². The third-order valence-corrected chi connectivity index (χ3v) is 1.39. The summed E-state index contributed by atoms with van der Waals surface area (Å²) in [6.45, 7) is 1.90. The first-order chi connectivity index (χ1) is 5.38. The maximum absolute atomic E-state index is 4.95. The molecule has 5 nitrogen and oxygen atoms in total. The second-order valence-corrected chi connectivity index (χ2v) is 2.12. The quantitative estimate of drug-likeness (QED) is 0.651. The van der Waals surface area contributed by atoms with E-state index in [1.165, 1.54) is 6.39 Å². The lowest BCUT2D eigenvalue weighted by Gasteiger charge is -1.86. The van der Waals surface area contributed by atoms with Gasteiger partial charge in [-0.25, -0.2) is 4.98 Å². The molecule has 0 fully saturated rings. The molecule has 0 amide bonds. The molecule has 2 aromatic rings. The summed E-state index contributed by atoms with van der Waals surface area (Å²) in [5, 5.41) is 7.27. The molecule has 0 aliphatic heterocycles. The van der Waals surface area contributed by atoms with E-state index < -0.39 is 0 Å². The Hall–Kier alpha value is -1.65. The van der Waals surface area contributed by atoms with Gasteiger partial charge in [0.05, 0.1) is 6.33 Å². The fourth-order valence-corrected chi connectivity index (χ4v) is 0.851. The van der Waals surface area contributed by atoms with Crippen LogP contribution in [0.25, 0.3) is 11.6 Å². The van der Waals surface area contributed by atoms with E-state index in [0.29, 0.717) is 11.6 Å². The van der Waals surface area contributed by atoms with Crippen molar-refractivity contribution in [2.45, 2.75) is 6.92 Å². The minimum Gasteiger partial charge on any atom is -0.422 e. The summed E-state index contributed by atoms with van der Waals surface area (Å²) < 4.78 is 4.95. The van der Waals surface area contributed by atoms with Gasteiger partial charge in [-0.1, -0.05) is 0 Å². The van der Waals surface area contributed by atoms with Crippen LogP contribution in [0.1, 0.15) is 5.69 Å². The standard InChI is InChI=1S/C6H6N4O/c1-4-5(8-2-7-4)6-10-9-3-11-6/h2-3H,1H3,(H,7,8). The first kappa shape index (κ1) is 6.09. The van der Waals surface area contributed by atoms with Crippen LogP contribution >= 0.6 is 0 Å². The van der Waals surface area contributed by atoms with Gasteiger partial charge in [-0.05, 0) is 6.92 Å². The van der Waals surface area contributed by atoms with E-state index >= 15 is 0 Å². The van der Waals surface area contributed by atoms with Gasteiger partial charge in [0.2, 0.25) is 6.39 Å². The molecule has 2 aromatic heterocycles. The predicted octanol–water partition coefficient (Wildman–Crippen LogP) is 0.768. The van der Waals surface area contributed by atoms with Crippen LogP contribution in [0.3, 0.4) is 0 Å². The van der Waals surface area contributed by atoms with Crippen LogP contribution < -0.4 is 0 Å². The van der Waals surface area contributed by atoms with E-state index in [9.17, 15) is 0 Å². The highest BCUT2D eigenvalue weighted by molar-refractivity contribution is 5.48. The molecule has 11 heavy (non-hydrogen) atoms. The van der Waals surface area contributed by atoms with Gasteiger partial charge < -0.3 is 9.40 Å². The van der Waals surface area contributed by atoms with Crippen LogP contribution in [-0.4, -0.2) is 20.2 Å². The summed E-state index contributed by atoms with van der Waals surface area (Å²) in [5.41, 5.74) is 1.64. The van der Waals surface area contributed by atoms with Gasteiger partial charge in [-0.15, -0.1) is 10.2 Å². The maximum Gasteiger partial charge on any atom is 0.267 e. The first-order valence-electron chi connectivity index (χ1n) is 3.14. The number of imidazole rings is 1. The molecule has 0 aromatic carbocycles. The largest absolute Gasteiger partial charge is 0.422 e. The lowest BCUT2D eigenvalue weighted by Crippen LogP contribution is -1.80. The van der Waals surface area contributed by atoms with Gasteiger partial charge in [0.15, 0.2) is 0 Å². The lowest BCUT2D eigenvalue weighted by atomic mass is 10.3. The van der Waals surface area contributed by atoms with Crippen LogP contribution in [0.2, 0.25) is 0 Å². The second-order valence-electron chi connectivity index (χ2n) is 2.12. The predicted molar refractivity (Wildman–Crippen MR) is 36.6 cm³/mol. The van der Waals surface area contributed by atoms with Gasteiger partial charge in [-0.3, -0.25) is 0 Å². The van der Waals surface area contributed by atoms with E-state index in [0.717, 1.165) is 5.69 Å². The summed E-state index contributed by atoms with van der Waals surface area (Å²) in [6, 6.07) is 0. The maximum atomic E-state index is 4.95. The molecule has 0 unspecified atom stereocenters. The van der Waals surface area contributed by atoms with Crippen molar-refractivity contribution in [3.05, 3.63) is 18.4 Å². The van der Waals surface area contributed by atoms with Crippen molar-refractivity contribution in [3.8, 4) is 11.6 Å². The molecule has 0 radical (unpaired) electrons. The van der Waals surface area contributed by atoms with E-state index in [-0.39, 0.29) is 0 Å². The van der Waals surface area contributed by atoms with Crippen LogP contribution in [0.4, 0.5) is 0 Å². The van der Waals surface area contributed by atoms with Crippen molar-refractivity contribution in [2.75, 3.05) is 0 Å². The zero-order valence-corrected chi connectivity index (χ0v) is 5.90. The summed E-state index contributed by atoms with van der Waals surface area (Å²) in [4.78, 5) is 6.92. The second kappa shape index (κ2) is 2.19. The van der Waals surface area contributed by atoms with Crippen LogP contribution in [-0.2, 0) is 0 Å². The van der Waals surface area contributed by atoms with Crippen molar-refractivity contribution < 1.29 is 4.42 Å². The minimum absolute atomic E-state index is 0.448. The summed E-state index contributed by atoms with van der Waals surface area (Å²) in [7, 11) is 0. The third-order valence-electron chi connectivity index (χ3n) is 1.39. The van der Waals surface area contributed by atoms with Crippen molar-refractivity contribution >= 4 is 0 Å². The van der Waals surface area contributed by atoms with E-state index in [1.54, 1.807) is 6.33 Å². The highest BCUT2D eigenvalue weighted by atomic mass is 16.4. The first-order valence-corrected chi connectivity index (χ1v) is 3.14. The average molecular weight is 150 g/mol. The molecular formula is C6H6N4O. The summed E-state index contributed by atoms with van der Waals surface area (Å²) in [5.74, 6) is 0.448. The molecule has 5 heteroatoms. The molecular weight excluding hydrogens is 144 g/mol. The van der Waals surface area contributed by atoms with E-state index in [2.05, 4.69) is 20.2 Å². The Morgan fingerprint density at radius 1 is 1.55 bits per heavy atom. The average Bonchev–Trinajstić information content (AvgIpc) is 2.55. The Balaban J connectivity index is 2.53. The Morgan fingerprint density at radius 2 is 2.45 bits per heavy atom. The molecule has 0 bridgehead atoms. The number of nitrogens with one attached hydrogen (secondary N) is 1. The molecule has 1 N–H and O–H groups in total. The van der Waals surface area contributed by atoms with Gasteiger partial charge in [-0.2, -0.15) is 0 Å². The highest BCUT2D eigenvalue weighted by Crippen LogP contribution is 2.15. The lowest BCUT2D eigenvalue weighted by molar-refractivity contribution is 0.566.